The van der Waals surface area contributed by atoms with Gasteiger partial charge in [-0.05, 0) is 65.0 Å². The highest BCUT2D eigenvalue weighted by Crippen LogP contribution is 2.57. The number of hydrogen-bond acceptors (Lipinski definition) is 1. The molecule has 2 aliphatic carbocycles. The van der Waals surface area contributed by atoms with E-state index in [2.05, 4.69) is 52.5 Å². The molecule has 1 unspecified atom stereocenters. The van der Waals surface area contributed by atoms with E-state index in [-0.39, 0.29) is 0 Å². The predicted molar refractivity (Wildman–Crippen MR) is 103 cm³/mol. The molecule has 0 N–H and O–H groups in total. The molecule has 0 aliphatic heterocycles. The van der Waals surface area contributed by atoms with Gasteiger partial charge in [0.15, 0.2) is 0 Å². The third kappa shape index (κ3) is 2.96. The molecule has 0 bridgehead atoms. The largest absolute Gasteiger partial charge is 0.377 e. The van der Waals surface area contributed by atoms with Gasteiger partial charge in [-0.2, -0.15) is 0 Å². The summed E-state index contributed by atoms with van der Waals surface area (Å²) in [5.74, 6) is 1.34. The summed E-state index contributed by atoms with van der Waals surface area (Å²) in [5.41, 5.74) is 5.33. The van der Waals surface area contributed by atoms with Gasteiger partial charge in [-0.15, -0.1) is 6.58 Å². The van der Waals surface area contributed by atoms with Crippen LogP contribution in [0.1, 0.15) is 76.0 Å². The molecule has 0 aromatic heterocycles. The summed E-state index contributed by atoms with van der Waals surface area (Å²) in [7, 11) is 0. The first-order chi connectivity index (χ1) is 11.4. The lowest BCUT2D eigenvalue weighted by molar-refractivity contribution is -0.0401. The molecule has 132 valence electrons. The van der Waals surface area contributed by atoms with Crippen molar-refractivity contribution in [2.75, 3.05) is 13.2 Å². The Hall–Kier alpha value is -1.08. The van der Waals surface area contributed by atoms with E-state index < -0.39 is 0 Å². The summed E-state index contributed by atoms with van der Waals surface area (Å²) < 4.78 is 5.94. The van der Waals surface area contributed by atoms with E-state index >= 15 is 0 Å². The molecule has 1 fully saturated rings. The van der Waals surface area contributed by atoms with Gasteiger partial charge in [0.25, 0.3) is 0 Å². The quantitative estimate of drug-likeness (QED) is 0.474. The first-order valence-corrected chi connectivity index (χ1v) is 9.73. The minimum Gasteiger partial charge on any atom is -0.377 e. The molecule has 2 aliphatic rings. The second-order valence-electron chi connectivity index (χ2n) is 8.89. The highest BCUT2D eigenvalue weighted by molar-refractivity contribution is 5.42. The Labute approximate surface area is 148 Å². The molecular weight excluding hydrogens is 292 g/mol. The fraction of sp³-hybridized carbons (Fsp3) is 0.652. The standard InChI is InChI=1S/C23H34O/c1-6-14-24-16-22(4)12-7-13-23(5)20-10-8-18(17(2)3)15-19(20)9-11-21(22)23/h6,8,10,15,17,21H,1,7,9,11-14,16H2,2-5H3/t21?,22-,23-/m1/s1. The molecule has 1 nitrogen and oxygen atoms in total. The lowest BCUT2D eigenvalue weighted by Crippen LogP contribution is -2.50. The molecule has 0 spiro atoms. The third-order valence-electron chi connectivity index (χ3n) is 6.84. The summed E-state index contributed by atoms with van der Waals surface area (Å²) in [6.45, 7) is 14.9. The smallest absolute Gasteiger partial charge is 0.0645 e. The summed E-state index contributed by atoms with van der Waals surface area (Å²) in [4.78, 5) is 0. The summed E-state index contributed by atoms with van der Waals surface area (Å²) in [5, 5.41) is 0. The maximum atomic E-state index is 5.94. The molecule has 0 saturated heterocycles. The normalized spacial score (nSPS) is 32.3. The van der Waals surface area contributed by atoms with Crippen LogP contribution in [-0.4, -0.2) is 13.2 Å². The fourth-order valence-corrected chi connectivity index (χ4v) is 5.55. The molecule has 3 rings (SSSR count). The molecule has 1 heteroatoms. The molecule has 0 amide bonds. The summed E-state index contributed by atoms with van der Waals surface area (Å²) in [6.07, 6.45) is 8.33. The first kappa shape index (κ1) is 17.7. The van der Waals surface area contributed by atoms with Gasteiger partial charge in [0.05, 0.1) is 13.2 Å². The Morgan fingerprint density at radius 1 is 1.29 bits per heavy atom. The Bertz CT molecular complexity index is 602. The molecule has 0 heterocycles. The molecule has 1 saturated carbocycles. The zero-order chi connectivity index (χ0) is 17.4. The molecule has 3 atom stereocenters. The molecular formula is C23H34O. The predicted octanol–water partition coefficient (Wildman–Crippen LogP) is 6.02. The number of ether oxygens (including phenoxy) is 1. The first-order valence-electron chi connectivity index (χ1n) is 9.73. The van der Waals surface area contributed by atoms with Crippen molar-refractivity contribution >= 4 is 0 Å². The van der Waals surface area contributed by atoms with Gasteiger partial charge < -0.3 is 4.74 Å². The van der Waals surface area contributed by atoms with E-state index in [0.717, 1.165) is 12.5 Å². The van der Waals surface area contributed by atoms with Crippen molar-refractivity contribution in [1.82, 2.24) is 0 Å². The van der Waals surface area contributed by atoms with Crippen LogP contribution < -0.4 is 0 Å². The van der Waals surface area contributed by atoms with Gasteiger partial charge in [0.1, 0.15) is 0 Å². The van der Waals surface area contributed by atoms with Crippen molar-refractivity contribution < 1.29 is 4.74 Å². The molecule has 0 radical (unpaired) electrons. The van der Waals surface area contributed by atoms with Crippen LogP contribution in [0.25, 0.3) is 0 Å². The van der Waals surface area contributed by atoms with Gasteiger partial charge in [-0.25, -0.2) is 0 Å². The van der Waals surface area contributed by atoms with Crippen LogP contribution in [0, 0.1) is 11.3 Å². The van der Waals surface area contributed by atoms with Gasteiger partial charge >= 0.3 is 0 Å². The number of benzene rings is 1. The van der Waals surface area contributed by atoms with E-state index in [1.54, 1.807) is 11.1 Å². The Balaban J connectivity index is 1.92. The zero-order valence-electron chi connectivity index (χ0n) is 16.0. The second kappa shape index (κ2) is 6.67. The van der Waals surface area contributed by atoms with Crippen molar-refractivity contribution in [3.63, 3.8) is 0 Å². The number of hydrogen-bond donors (Lipinski definition) is 0. The van der Waals surface area contributed by atoms with Gasteiger partial charge in [0.2, 0.25) is 0 Å². The van der Waals surface area contributed by atoms with Crippen LogP contribution in [0.3, 0.4) is 0 Å². The van der Waals surface area contributed by atoms with Gasteiger partial charge in [-0.1, -0.05) is 58.4 Å². The van der Waals surface area contributed by atoms with Crippen molar-refractivity contribution in [2.24, 2.45) is 11.3 Å². The average molecular weight is 327 g/mol. The Kier molecular flexibility index (Phi) is 4.93. The molecule has 1 aromatic carbocycles. The lowest BCUT2D eigenvalue weighted by atomic mass is 9.50. The van der Waals surface area contributed by atoms with E-state index in [1.807, 2.05) is 6.08 Å². The number of rotatable bonds is 5. The van der Waals surface area contributed by atoms with Gasteiger partial charge in [0, 0.05) is 0 Å². The van der Waals surface area contributed by atoms with Crippen LogP contribution in [-0.2, 0) is 16.6 Å². The fourth-order valence-electron chi connectivity index (χ4n) is 5.55. The van der Waals surface area contributed by atoms with Crippen LogP contribution >= 0.6 is 0 Å². The maximum Gasteiger partial charge on any atom is 0.0645 e. The van der Waals surface area contributed by atoms with E-state index in [4.69, 9.17) is 4.74 Å². The minimum absolute atomic E-state index is 0.296. The Morgan fingerprint density at radius 2 is 2.08 bits per heavy atom. The van der Waals surface area contributed by atoms with Crippen molar-refractivity contribution in [3.05, 3.63) is 47.5 Å². The zero-order valence-corrected chi connectivity index (χ0v) is 16.0. The van der Waals surface area contributed by atoms with Crippen molar-refractivity contribution in [2.45, 2.75) is 71.1 Å². The second-order valence-corrected chi connectivity index (χ2v) is 8.89. The third-order valence-corrected chi connectivity index (χ3v) is 6.84. The summed E-state index contributed by atoms with van der Waals surface area (Å²) in [6, 6.07) is 7.31. The SMILES string of the molecule is C=CCOC[C@@]1(C)CCC[C@]2(C)c3ccc(C(C)C)cc3CCC12. The average Bonchev–Trinajstić information content (AvgIpc) is 2.54. The highest BCUT2D eigenvalue weighted by Gasteiger charge is 2.51. The van der Waals surface area contributed by atoms with E-state index in [1.165, 1.54) is 37.7 Å². The molecule has 24 heavy (non-hydrogen) atoms. The number of aryl methyl sites for hydroxylation is 1. The number of fused-ring (bicyclic) bond motifs is 3. The van der Waals surface area contributed by atoms with Gasteiger partial charge in [-0.3, -0.25) is 0 Å². The van der Waals surface area contributed by atoms with E-state index in [9.17, 15) is 0 Å². The van der Waals surface area contributed by atoms with Crippen LogP contribution in [0.15, 0.2) is 30.9 Å². The minimum atomic E-state index is 0.296. The lowest BCUT2D eigenvalue weighted by Gasteiger charge is -2.55. The van der Waals surface area contributed by atoms with Crippen molar-refractivity contribution in [1.29, 1.82) is 0 Å². The van der Waals surface area contributed by atoms with E-state index in [0.29, 0.717) is 23.4 Å². The topological polar surface area (TPSA) is 9.23 Å². The highest BCUT2D eigenvalue weighted by atomic mass is 16.5. The maximum absolute atomic E-state index is 5.94. The van der Waals surface area contributed by atoms with Crippen LogP contribution in [0.2, 0.25) is 0 Å². The van der Waals surface area contributed by atoms with Crippen LogP contribution in [0.4, 0.5) is 0 Å². The monoisotopic (exact) mass is 326 g/mol. The van der Waals surface area contributed by atoms with Crippen LogP contribution in [0.5, 0.6) is 0 Å². The Morgan fingerprint density at radius 3 is 2.79 bits per heavy atom. The van der Waals surface area contributed by atoms with Crippen molar-refractivity contribution in [3.8, 4) is 0 Å². The summed E-state index contributed by atoms with van der Waals surface area (Å²) >= 11 is 0. The molecule has 1 aromatic rings.